The Balaban J connectivity index is 2.11. The van der Waals surface area contributed by atoms with Crippen molar-refractivity contribution in [2.45, 2.75) is 6.92 Å². The van der Waals surface area contributed by atoms with Crippen LogP contribution in [0.5, 0.6) is 5.75 Å². The molecule has 0 saturated heterocycles. The summed E-state index contributed by atoms with van der Waals surface area (Å²) >= 11 is 11.9. The molecule has 0 bridgehead atoms. The lowest BCUT2D eigenvalue weighted by Gasteiger charge is -2.03. The fourth-order valence-corrected chi connectivity index (χ4v) is 2.45. The van der Waals surface area contributed by atoms with Crippen LogP contribution in [-0.2, 0) is 0 Å². The molecule has 0 atom stereocenters. The maximum Gasteiger partial charge on any atom is 0.174 e. The molecule has 0 aliphatic carbocycles. The molecule has 5 heteroatoms. The number of phenols is 1. The van der Waals surface area contributed by atoms with E-state index in [0.29, 0.717) is 27.1 Å². The molecule has 0 aliphatic heterocycles. The molecule has 3 nitrogen and oxygen atoms in total. The second-order valence-electron chi connectivity index (χ2n) is 4.65. The van der Waals surface area contributed by atoms with Crippen molar-refractivity contribution in [1.82, 2.24) is 5.16 Å². The average Bonchev–Trinajstić information content (AvgIpc) is 2.84. The van der Waals surface area contributed by atoms with Gasteiger partial charge in [-0.2, -0.15) is 0 Å². The lowest BCUT2D eigenvalue weighted by atomic mass is 10.0. The zero-order chi connectivity index (χ0) is 15.0. The van der Waals surface area contributed by atoms with Crippen LogP contribution in [0, 0.1) is 6.92 Å². The largest absolute Gasteiger partial charge is 0.507 e. The average molecular weight is 320 g/mol. The van der Waals surface area contributed by atoms with E-state index < -0.39 is 0 Å². The fraction of sp³-hybridized carbons (Fsp3) is 0.0625. The molecule has 0 radical (unpaired) electrons. The second kappa shape index (κ2) is 5.43. The zero-order valence-corrected chi connectivity index (χ0v) is 12.6. The molecule has 1 heterocycles. The molecule has 3 aromatic rings. The molecule has 1 aromatic heterocycles. The van der Waals surface area contributed by atoms with Gasteiger partial charge in [-0.05, 0) is 37.3 Å². The summed E-state index contributed by atoms with van der Waals surface area (Å²) in [5, 5.41) is 15.2. The summed E-state index contributed by atoms with van der Waals surface area (Å²) in [5.41, 5.74) is 2.96. The van der Waals surface area contributed by atoms with Crippen LogP contribution in [0.3, 0.4) is 0 Å². The Kier molecular flexibility index (Phi) is 3.62. The summed E-state index contributed by atoms with van der Waals surface area (Å²) in [5.74, 6) is 0.598. The number of nitrogens with zero attached hydrogens (tertiary/aromatic N) is 1. The fourth-order valence-electron chi connectivity index (χ4n) is 2.15. The minimum atomic E-state index is 0.0984. The summed E-state index contributed by atoms with van der Waals surface area (Å²) in [6.45, 7) is 1.89. The normalized spacial score (nSPS) is 10.8. The maximum atomic E-state index is 9.97. The Morgan fingerprint density at radius 1 is 1.00 bits per heavy atom. The van der Waals surface area contributed by atoms with Gasteiger partial charge in [-0.25, -0.2) is 0 Å². The van der Waals surface area contributed by atoms with Crippen LogP contribution in [-0.4, -0.2) is 10.3 Å². The SMILES string of the molecule is Cc1c(-c2ccc(Cl)cc2)noc1-c1cc(Cl)ccc1O. The maximum absolute atomic E-state index is 9.97. The number of halogens is 2. The monoisotopic (exact) mass is 319 g/mol. The van der Waals surface area contributed by atoms with Gasteiger partial charge in [-0.15, -0.1) is 0 Å². The Hall–Kier alpha value is -1.97. The summed E-state index contributed by atoms with van der Waals surface area (Å²) < 4.78 is 5.40. The number of phenolic OH excluding ortho intramolecular Hbond substituents is 1. The van der Waals surface area contributed by atoms with Crippen molar-refractivity contribution in [3.8, 4) is 28.3 Å². The molecule has 0 unspecified atom stereocenters. The van der Waals surface area contributed by atoms with Gasteiger partial charge in [-0.3, -0.25) is 0 Å². The van der Waals surface area contributed by atoms with Crippen LogP contribution in [0.2, 0.25) is 10.0 Å². The van der Waals surface area contributed by atoms with E-state index in [1.165, 1.54) is 6.07 Å². The van der Waals surface area contributed by atoms with Gasteiger partial charge in [0.25, 0.3) is 0 Å². The lowest BCUT2D eigenvalue weighted by Crippen LogP contribution is -1.83. The molecule has 0 aliphatic rings. The third kappa shape index (κ3) is 2.62. The topological polar surface area (TPSA) is 46.3 Å². The highest BCUT2D eigenvalue weighted by Crippen LogP contribution is 2.37. The summed E-state index contributed by atoms with van der Waals surface area (Å²) in [7, 11) is 0. The third-order valence-corrected chi connectivity index (χ3v) is 3.73. The smallest absolute Gasteiger partial charge is 0.174 e. The van der Waals surface area contributed by atoms with E-state index in [1.54, 1.807) is 24.3 Å². The molecule has 106 valence electrons. The first-order chi connectivity index (χ1) is 10.1. The zero-order valence-electron chi connectivity index (χ0n) is 11.1. The van der Waals surface area contributed by atoms with E-state index in [0.717, 1.165) is 11.1 Å². The first kappa shape index (κ1) is 14.0. The molecule has 21 heavy (non-hydrogen) atoms. The predicted octanol–water partition coefficient (Wildman–Crippen LogP) is 5.33. The van der Waals surface area contributed by atoms with Crippen LogP contribution in [0.25, 0.3) is 22.6 Å². The minimum Gasteiger partial charge on any atom is -0.507 e. The molecule has 0 spiro atoms. The van der Waals surface area contributed by atoms with Crippen LogP contribution in [0.1, 0.15) is 5.56 Å². The minimum absolute atomic E-state index is 0.0984. The van der Waals surface area contributed by atoms with Crippen molar-refractivity contribution >= 4 is 23.2 Å². The number of benzene rings is 2. The molecular formula is C16H11Cl2NO2. The molecular weight excluding hydrogens is 309 g/mol. The van der Waals surface area contributed by atoms with E-state index in [9.17, 15) is 5.11 Å². The highest BCUT2D eigenvalue weighted by atomic mass is 35.5. The van der Waals surface area contributed by atoms with Gasteiger partial charge in [0.05, 0.1) is 5.56 Å². The van der Waals surface area contributed by atoms with E-state index >= 15 is 0 Å². The highest BCUT2D eigenvalue weighted by Gasteiger charge is 2.18. The van der Waals surface area contributed by atoms with Crippen LogP contribution < -0.4 is 0 Å². The van der Waals surface area contributed by atoms with E-state index in [1.807, 2.05) is 19.1 Å². The first-order valence-corrected chi connectivity index (χ1v) is 7.03. The van der Waals surface area contributed by atoms with E-state index in [4.69, 9.17) is 27.7 Å². The number of aromatic hydroxyl groups is 1. The van der Waals surface area contributed by atoms with E-state index in [-0.39, 0.29) is 5.75 Å². The Labute approximate surface area is 131 Å². The highest BCUT2D eigenvalue weighted by molar-refractivity contribution is 6.31. The Morgan fingerprint density at radius 3 is 2.38 bits per heavy atom. The quantitative estimate of drug-likeness (QED) is 0.694. The Morgan fingerprint density at radius 2 is 1.67 bits per heavy atom. The third-order valence-electron chi connectivity index (χ3n) is 3.24. The number of rotatable bonds is 2. The lowest BCUT2D eigenvalue weighted by molar-refractivity contribution is 0.428. The molecule has 2 aromatic carbocycles. The number of hydrogen-bond donors (Lipinski definition) is 1. The van der Waals surface area contributed by atoms with Gasteiger partial charge >= 0.3 is 0 Å². The van der Waals surface area contributed by atoms with Crippen LogP contribution in [0.4, 0.5) is 0 Å². The second-order valence-corrected chi connectivity index (χ2v) is 5.53. The molecule has 3 rings (SSSR count). The van der Waals surface area contributed by atoms with Gasteiger partial charge in [0, 0.05) is 21.2 Å². The van der Waals surface area contributed by atoms with Crippen molar-refractivity contribution in [3.63, 3.8) is 0 Å². The van der Waals surface area contributed by atoms with E-state index in [2.05, 4.69) is 5.16 Å². The number of aromatic nitrogens is 1. The summed E-state index contributed by atoms with van der Waals surface area (Å²) in [6, 6.07) is 12.1. The molecule has 0 amide bonds. The molecule has 0 fully saturated rings. The van der Waals surface area contributed by atoms with Crippen molar-refractivity contribution in [2.24, 2.45) is 0 Å². The summed E-state index contributed by atoms with van der Waals surface area (Å²) in [4.78, 5) is 0. The van der Waals surface area contributed by atoms with Crippen LogP contribution >= 0.6 is 23.2 Å². The van der Waals surface area contributed by atoms with Crippen LogP contribution in [0.15, 0.2) is 47.0 Å². The van der Waals surface area contributed by atoms with Crippen molar-refractivity contribution in [2.75, 3.05) is 0 Å². The predicted molar refractivity (Wildman–Crippen MR) is 83.8 cm³/mol. The van der Waals surface area contributed by atoms with Crippen molar-refractivity contribution < 1.29 is 9.63 Å². The Bertz CT molecular complexity index is 795. The van der Waals surface area contributed by atoms with Crippen molar-refractivity contribution in [1.29, 1.82) is 0 Å². The van der Waals surface area contributed by atoms with Crippen molar-refractivity contribution in [3.05, 3.63) is 58.1 Å². The van der Waals surface area contributed by atoms with Gasteiger partial charge in [0.2, 0.25) is 0 Å². The summed E-state index contributed by atoms with van der Waals surface area (Å²) in [6.07, 6.45) is 0. The van der Waals surface area contributed by atoms with Gasteiger partial charge in [-0.1, -0.05) is 40.5 Å². The first-order valence-electron chi connectivity index (χ1n) is 6.27. The molecule has 0 saturated carbocycles. The van der Waals surface area contributed by atoms with Gasteiger partial charge < -0.3 is 9.63 Å². The molecule has 1 N–H and O–H groups in total. The van der Waals surface area contributed by atoms with Gasteiger partial charge in [0.15, 0.2) is 5.76 Å². The standard InChI is InChI=1S/C16H11Cl2NO2/c1-9-15(10-2-4-11(17)5-3-10)19-21-16(9)13-8-12(18)6-7-14(13)20/h2-8,20H,1H3. The number of hydrogen-bond acceptors (Lipinski definition) is 3. The van der Waals surface area contributed by atoms with Gasteiger partial charge in [0.1, 0.15) is 11.4 Å².